The molecule has 3 N–H and O–H groups in total. The zero-order valence-electron chi connectivity index (χ0n) is 12.6. The smallest absolute Gasteiger partial charge is 0.184 e. The molecule has 112 valence electrons. The van der Waals surface area contributed by atoms with E-state index >= 15 is 0 Å². The van der Waals surface area contributed by atoms with Crippen LogP contribution in [-0.4, -0.2) is 34.7 Å². The van der Waals surface area contributed by atoms with Gasteiger partial charge in [-0.2, -0.15) is 5.10 Å². The molecular formula is C17H19N5. The maximum absolute atomic E-state index is 4.74. The standard InChI is InChI=1S/C17H19N5/c1-18-17-10-3-2-9(6-10)15(17)14-11-7-20-22-12(11)4-5-13(14)21-16(17)8-19-16/h4-5,7-10,15,18,21H,2-3,6H2,1H3,(H,20,22)/t9?,10?,15-,16+,17+/m1/s1. The third-order valence-corrected chi connectivity index (χ3v) is 6.81. The van der Waals surface area contributed by atoms with Gasteiger partial charge in [-0.05, 0) is 55.8 Å². The molecule has 22 heavy (non-hydrogen) atoms. The summed E-state index contributed by atoms with van der Waals surface area (Å²) in [7, 11) is 2.12. The molecule has 1 aromatic heterocycles. The van der Waals surface area contributed by atoms with E-state index in [1.54, 1.807) is 0 Å². The van der Waals surface area contributed by atoms with Crippen molar-refractivity contribution in [1.82, 2.24) is 15.5 Å². The molecule has 5 heteroatoms. The zero-order chi connectivity index (χ0) is 14.5. The Bertz CT molecular complexity index is 831. The number of fused-ring (bicyclic) bond motifs is 10. The number of nitrogens with one attached hydrogen (secondary N) is 3. The molecule has 2 fully saturated rings. The van der Waals surface area contributed by atoms with Crippen LogP contribution < -0.4 is 10.6 Å². The van der Waals surface area contributed by atoms with E-state index < -0.39 is 0 Å². The fourth-order valence-electron chi connectivity index (χ4n) is 6.06. The second-order valence-electron chi connectivity index (χ2n) is 7.37. The fraction of sp³-hybridized carbons (Fsp3) is 0.529. The number of benzene rings is 1. The number of anilines is 1. The number of aromatic amines is 1. The summed E-state index contributed by atoms with van der Waals surface area (Å²) >= 11 is 0. The van der Waals surface area contributed by atoms with Gasteiger partial charge in [0.05, 0.1) is 23.5 Å². The van der Waals surface area contributed by atoms with Crippen LogP contribution >= 0.6 is 0 Å². The maximum Gasteiger partial charge on any atom is 0.184 e. The van der Waals surface area contributed by atoms with Crippen molar-refractivity contribution in [3.05, 3.63) is 23.9 Å². The Morgan fingerprint density at radius 3 is 3.05 bits per heavy atom. The van der Waals surface area contributed by atoms with Gasteiger partial charge in [-0.25, -0.2) is 0 Å². The molecule has 2 bridgehead atoms. The van der Waals surface area contributed by atoms with E-state index in [2.05, 4.69) is 46.2 Å². The quantitative estimate of drug-likeness (QED) is 0.755. The van der Waals surface area contributed by atoms with E-state index in [-0.39, 0.29) is 11.2 Å². The predicted molar refractivity (Wildman–Crippen MR) is 86.3 cm³/mol. The van der Waals surface area contributed by atoms with Crippen molar-refractivity contribution in [2.45, 2.75) is 36.4 Å². The minimum Gasteiger partial charge on any atom is -0.355 e. The molecule has 6 rings (SSSR count). The van der Waals surface area contributed by atoms with Gasteiger partial charge in [0.25, 0.3) is 0 Å². The van der Waals surface area contributed by atoms with Crippen molar-refractivity contribution in [2.24, 2.45) is 16.8 Å². The molecule has 0 amide bonds. The molecule has 2 saturated carbocycles. The van der Waals surface area contributed by atoms with Crippen molar-refractivity contribution in [1.29, 1.82) is 0 Å². The number of rotatable bonds is 1. The van der Waals surface area contributed by atoms with Crippen molar-refractivity contribution in [3.8, 4) is 0 Å². The van der Waals surface area contributed by atoms with Gasteiger partial charge in [0.2, 0.25) is 0 Å². The van der Waals surface area contributed by atoms with E-state index in [4.69, 9.17) is 4.99 Å². The van der Waals surface area contributed by atoms with E-state index in [1.807, 2.05) is 6.20 Å². The Hall–Kier alpha value is -1.88. The first kappa shape index (κ1) is 11.7. The Kier molecular flexibility index (Phi) is 1.79. The molecule has 1 spiro atoms. The van der Waals surface area contributed by atoms with Crippen LogP contribution in [0.3, 0.4) is 0 Å². The molecule has 3 heterocycles. The van der Waals surface area contributed by atoms with Gasteiger partial charge in [0, 0.05) is 17.0 Å². The molecule has 4 aliphatic rings. The molecule has 2 unspecified atom stereocenters. The SMILES string of the molecule is CN[C@@]12C3CCC(C3)[C@@H]1c1c(ccc3[nH]ncc13)N[C@@]21C=N1. The molecule has 5 nitrogen and oxygen atoms in total. The van der Waals surface area contributed by atoms with E-state index in [0.29, 0.717) is 11.8 Å². The molecule has 0 saturated heterocycles. The van der Waals surface area contributed by atoms with Crippen LogP contribution in [0.25, 0.3) is 10.9 Å². The van der Waals surface area contributed by atoms with Crippen LogP contribution in [0.15, 0.2) is 23.3 Å². The predicted octanol–water partition coefficient (Wildman–Crippen LogP) is 2.24. The summed E-state index contributed by atoms with van der Waals surface area (Å²) in [6, 6.07) is 4.33. The summed E-state index contributed by atoms with van der Waals surface area (Å²) in [6.07, 6.45) is 8.12. The fourth-order valence-corrected chi connectivity index (χ4v) is 6.06. The first-order valence-electron chi connectivity index (χ1n) is 8.28. The summed E-state index contributed by atoms with van der Waals surface area (Å²) in [4.78, 5) is 4.74. The number of hydrogen-bond acceptors (Lipinski definition) is 4. The summed E-state index contributed by atoms with van der Waals surface area (Å²) in [5.41, 5.74) is 3.68. The number of aliphatic imine (C=N–C) groups is 1. The lowest BCUT2D eigenvalue weighted by atomic mass is 9.62. The van der Waals surface area contributed by atoms with E-state index in [1.165, 1.54) is 35.9 Å². The highest BCUT2D eigenvalue weighted by atomic mass is 15.3. The van der Waals surface area contributed by atoms with Gasteiger partial charge in [-0.3, -0.25) is 10.1 Å². The van der Waals surface area contributed by atoms with Gasteiger partial charge in [0.15, 0.2) is 5.66 Å². The topological polar surface area (TPSA) is 65.1 Å². The van der Waals surface area contributed by atoms with Crippen LogP contribution in [0, 0.1) is 11.8 Å². The molecule has 2 aliphatic carbocycles. The highest BCUT2D eigenvalue weighted by Gasteiger charge is 2.72. The summed E-state index contributed by atoms with van der Waals surface area (Å²) in [6.45, 7) is 0. The monoisotopic (exact) mass is 293 g/mol. The van der Waals surface area contributed by atoms with E-state index in [0.717, 1.165) is 11.4 Å². The minimum atomic E-state index is -0.198. The average Bonchev–Trinajstić information content (AvgIpc) is 2.98. The number of H-pyrrole nitrogens is 1. The van der Waals surface area contributed by atoms with Crippen molar-refractivity contribution < 1.29 is 0 Å². The number of likely N-dealkylation sites (N-methyl/N-ethyl adjacent to an activating group) is 1. The molecule has 2 aromatic rings. The Labute approximate surface area is 128 Å². The van der Waals surface area contributed by atoms with Crippen molar-refractivity contribution in [2.75, 3.05) is 12.4 Å². The van der Waals surface area contributed by atoms with Gasteiger partial charge in [0.1, 0.15) is 0 Å². The highest BCUT2D eigenvalue weighted by molar-refractivity contribution is 5.97. The largest absolute Gasteiger partial charge is 0.355 e. The lowest BCUT2D eigenvalue weighted by Crippen LogP contribution is -2.68. The highest BCUT2D eigenvalue weighted by Crippen LogP contribution is 2.67. The summed E-state index contributed by atoms with van der Waals surface area (Å²) < 4.78 is 0. The third kappa shape index (κ3) is 1.02. The minimum absolute atomic E-state index is 0.0362. The first-order valence-corrected chi connectivity index (χ1v) is 8.28. The van der Waals surface area contributed by atoms with Gasteiger partial charge >= 0.3 is 0 Å². The van der Waals surface area contributed by atoms with Crippen LogP contribution in [-0.2, 0) is 0 Å². The lowest BCUT2D eigenvalue weighted by molar-refractivity contribution is 0.149. The summed E-state index contributed by atoms with van der Waals surface area (Å²) in [5, 5.41) is 16.2. The number of aromatic nitrogens is 2. The van der Waals surface area contributed by atoms with Crippen molar-refractivity contribution in [3.63, 3.8) is 0 Å². The Morgan fingerprint density at radius 1 is 1.32 bits per heavy atom. The lowest BCUT2D eigenvalue weighted by Gasteiger charge is -2.53. The number of hydrogen-bond donors (Lipinski definition) is 3. The Balaban J connectivity index is 1.70. The second kappa shape index (κ2) is 3.38. The third-order valence-electron chi connectivity index (χ3n) is 6.81. The normalized spacial score (nSPS) is 43.4. The van der Waals surface area contributed by atoms with Crippen molar-refractivity contribution >= 4 is 22.8 Å². The van der Waals surface area contributed by atoms with Crippen LogP contribution in [0.5, 0.6) is 0 Å². The van der Waals surface area contributed by atoms with Crippen LogP contribution in [0.1, 0.15) is 30.7 Å². The van der Waals surface area contributed by atoms with Crippen LogP contribution in [0.2, 0.25) is 0 Å². The number of nitrogens with zero attached hydrogens (tertiary/aromatic N) is 2. The first-order chi connectivity index (χ1) is 10.8. The maximum atomic E-state index is 4.74. The van der Waals surface area contributed by atoms with Gasteiger partial charge in [-0.15, -0.1) is 0 Å². The average molecular weight is 293 g/mol. The van der Waals surface area contributed by atoms with Gasteiger partial charge in [-0.1, -0.05) is 0 Å². The summed E-state index contributed by atoms with van der Waals surface area (Å²) in [5.74, 6) is 1.99. The molecule has 1 aromatic carbocycles. The Morgan fingerprint density at radius 2 is 2.23 bits per heavy atom. The molecule has 5 atom stereocenters. The molecule has 2 aliphatic heterocycles. The molecular weight excluding hydrogens is 274 g/mol. The molecule has 0 radical (unpaired) electrons. The van der Waals surface area contributed by atoms with Crippen LogP contribution in [0.4, 0.5) is 5.69 Å². The van der Waals surface area contributed by atoms with E-state index in [9.17, 15) is 0 Å². The second-order valence-corrected chi connectivity index (χ2v) is 7.37. The van der Waals surface area contributed by atoms with Gasteiger partial charge < -0.3 is 10.6 Å². The zero-order valence-corrected chi connectivity index (χ0v) is 12.6.